The highest BCUT2D eigenvalue weighted by Gasteiger charge is 2.23. The molecule has 0 bridgehead atoms. The van der Waals surface area contributed by atoms with Crippen molar-refractivity contribution in [1.82, 2.24) is 0 Å². The number of nitrogens with zero attached hydrogens (tertiary/aromatic N) is 1. The van der Waals surface area contributed by atoms with E-state index in [0.717, 1.165) is 11.3 Å². The maximum absolute atomic E-state index is 11.7. The minimum Gasteiger partial charge on any atom is -0.497 e. The summed E-state index contributed by atoms with van der Waals surface area (Å²) in [6, 6.07) is 11.0. The lowest BCUT2D eigenvalue weighted by atomic mass is 10.1. The fourth-order valence-corrected chi connectivity index (χ4v) is 1.96. The van der Waals surface area contributed by atoms with Gasteiger partial charge >= 0.3 is 5.97 Å². The molecule has 0 atom stereocenters. The molecule has 1 aromatic heterocycles. The summed E-state index contributed by atoms with van der Waals surface area (Å²) >= 11 is 0. The van der Waals surface area contributed by atoms with E-state index in [0.29, 0.717) is 18.1 Å². The number of ether oxygens (including phenoxy) is 2. The predicted octanol–water partition coefficient (Wildman–Crippen LogP) is 2.83. The van der Waals surface area contributed by atoms with E-state index in [1.165, 1.54) is 6.26 Å². The van der Waals surface area contributed by atoms with Crippen LogP contribution in [-0.4, -0.2) is 19.0 Å². The minimum atomic E-state index is -0.463. The van der Waals surface area contributed by atoms with Gasteiger partial charge in [-0.05, 0) is 29.8 Å². The monoisotopic (exact) mass is 283 g/mol. The van der Waals surface area contributed by atoms with Gasteiger partial charge in [-0.3, -0.25) is 0 Å². The van der Waals surface area contributed by atoms with Gasteiger partial charge in [0.1, 0.15) is 11.5 Å². The maximum atomic E-state index is 11.7. The van der Waals surface area contributed by atoms with Crippen LogP contribution >= 0.6 is 0 Å². The van der Waals surface area contributed by atoms with Crippen LogP contribution in [0.5, 0.6) is 5.75 Å². The Morgan fingerprint density at radius 3 is 2.71 bits per heavy atom. The fraction of sp³-hybridized carbons (Fsp3) is 0.125. The molecule has 0 N–H and O–H groups in total. The van der Waals surface area contributed by atoms with Gasteiger partial charge in [0.2, 0.25) is 5.90 Å². The number of hydrogen-bond acceptors (Lipinski definition) is 5. The zero-order valence-electron chi connectivity index (χ0n) is 11.4. The topological polar surface area (TPSA) is 61.0 Å². The highest BCUT2D eigenvalue weighted by molar-refractivity contribution is 6.07. The Labute approximate surface area is 121 Å². The predicted molar refractivity (Wildman–Crippen MR) is 76.9 cm³/mol. The fourth-order valence-electron chi connectivity index (χ4n) is 1.96. The first-order valence-corrected chi connectivity index (χ1v) is 6.42. The smallest absolute Gasteiger partial charge is 0.363 e. The normalized spacial score (nSPS) is 16.0. The van der Waals surface area contributed by atoms with Crippen molar-refractivity contribution in [2.75, 3.05) is 7.11 Å². The maximum Gasteiger partial charge on any atom is 0.363 e. The van der Waals surface area contributed by atoms with Crippen molar-refractivity contribution in [3.8, 4) is 5.75 Å². The molecule has 0 saturated heterocycles. The lowest BCUT2D eigenvalue weighted by Crippen LogP contribution is -2.06. The molecule has 3 rings (SSSR count). The molecule has 0 saturated carbocycles. The first kappa shape index (κ1) is 13.2. The van der Waals surface area contributed by atoms with E-state index in [9.17, 15) is 4.79 Å². The molecular weight excluding hydrogens is 270 g/mol. The molecule has 2 aromatic rings. The van der Waals surface area contributed by atoms with E-state index in [4.69, 9.17) is 13.9 Å². The van der Waals surface area contributed by atoms with Gasteiger partial charge in [-0.1, -0.05) is 12.1 Å². The van der Waals surface area contributed by atoms with Crippen molar-refractivity contribution in [2.45, 2.75) is 6.42 Å². The van der Waals surface area contributed by atoms with E-state index < -0.39 is 5.97 Å². The van der Waals surface area contributed by atoms with Crippen LogP contribution in [0.15, 0.2) is 57.8 Å². The molecule has 0 unspecified atom stereocenters. The molecule has 0 radical (unpaired) electrons. The summed E-state index contributed by atoms with van der Waals surface area (Å²) in [4.78, 5) is 15.9. The van der Waals surface area contributed by atoms with Gasteiger partial charge in [-0.15, -0.1) is 0 Å². The van der Waals surface area contributed by atoms with Gasteiger partial charge in [-0.25, -0.2) is 9.79 Å². The van der Waals surface area contributed by atoms with E-state index >= 15 is 0 Å². The molecule has 106 valence electrons. The molecule has 1 aromatic carbocycles. The molecular formula is C16H13NO4. The Hall–Kier alpha value is -2.82. The Bertz CT molecular complexity index is 696. The number of carbonyl (C=O) groups excluding carboxylic acids is 1. The van der Waals surface area contributed by atoms with Gasteiger partial charge in [-0.2, -0.15) is 0 Å². The SMILES string of the molecule is COc1ccc(CC2=N/C(=C/c3ccco3)C(=O)O2)cc1. The zero-order chi connectivity index (χ0) is 14.7. The van der Waals surface area contributed by atoms with Crippen LogP contribution in [0, 0.1) is 0 Å². The summed E-state index contributed by atoms with van der Waals surface area (Å²) in [5, 5.41) is 0. The Balaban J connectivity index is 1.75. The van der Waals surface area contributed by atoms with E-state index in [1.54, 1.807) is 25.3 Å². The zero-order valence-corrected chi connectivity index (χ0v) is 11.4. The number of aliphatic imine (C=N–C) groups is 1. The van der Waals surface area contributed by atoms with Crippen molar-refractivity contribution in [1.29, 1.82) is 0 Å². The van der Waals surface area contributed by atoms with Crippen LogP contribution in [0.3, 0.4) is 0 Å². The molecule has 0 spiro atoms. The number of cyclic esters (lactones) is 1. The van der Waals surface area contributed by atoms with Gasteiger partial charge in [0.15, 0.2) is 5.70 Å². The third kappa shape index (κ3) is 3.02. The van der Waals surface area contributed by atoms with Gasteiger partial charge < -0.3 is 13.9 Å². The van der Waals surface area contributed by atoms with Crippen LogP contribution in [0.2, 0.25) is 0 Å². The largest absolute Gasteiger partial charge is 0.497 e. The number of carbonyl (C=O) groups is 1. The molecule has 0 amide bonds. The van der Waals surface area contributed by atoms with Gasteiger partial charge in [0.25, 0.3) is 0 Å². The quantitative estimate of drug-likeness (QED) is 0.639. The molecule has 1 aliphatic heterocycles. The second kappa shape index (κ2) is 5.66. The van der Waals surface area contributed by atoms with Crippen LogP contribution in [-0.2, 0) is 16.0 Å². The second-order valence-electron chi connectivity index (χ2n) is 4.46. The molecule has 0 fully saturated rings. The average Bonchev–Trinajstić information content (AvgIpc) is 3.11. The van der Waals surface area contributed by atoms with Crippen molar-refractivity contribution in [2.24, 2.45) is 4.99 Å². The average molecular weight is 283 g/mol. The minimum absolute atomic E-state index is 0.244. The summed E-state index contributed by atoms with van der Waals surface area (Å²) in [6.07, 6.45) is 3.54. The van der Waals surface area contributed by atoms with Crippen molar-refractivity contribution in [3.63, 3.8) is 0 Å². The Kier molecular flexibility index (Phi) is 3.55. The van der Waals surface area contributed by atoms with Crippen LogP contribution in [0.1, 0.15) is 11.3 Å². The molecule has 2 heterocycles. The van der Waals surface area contributed by atoms with Crippen molar-refractivity contribution >= 4 is 17.9 Å². The third-order valence-electron chi connectivity index (χ3n) is 3.00. The number of hydrogen-bond donors (Lipinski definition) is 0. The summed E-state index contributed by atoms with van der Waals surface area (Å²) in [7, 11) is 1.61. The molecule has 5 nitrogen and oxygen atoms in total. The second-order valence-corrected chi connectivity index (χ2v) is 4.46. The number of rotatable bonds is 4. The lowest BCUT2D eigenvalue weighted by Gasteiger charge is -2.02. The summed E-state index contributed by atoms with van der Waals surface area (Å²) in [6.45, 7) is 0. The summed E-state index contributed by atoms with van der Waals surface area (Å²) in [5.41, 5.74) is 1.23. The third-order valence-corrected chi connectivity index (χ3v) is 3.00. The van der Waals surface area contributed by atoms with Crippen LogP contribution < -0.4 is 4.74 Å². The van der Waals surface area contributed by atoms with Crippen LogP contribution in [0.25, 0.3) is 6.08 Å². The highest BCUT2D eigenvalue weighted by Crippen LogP contribution is 2.19. The standard InChI is InChI=1S/C16H13NO4/c1-19-12-6-4-11(5-7-12)9-15-17-14(16(18)21-15)10-13-3-2-8-20-13/h2-8,10H,9H2,1H3/b14-10+. The van der Waals surface area contributed by atoms with Gasteiger partial charge in [0, 0.05) is 12.5 Å². The molecule has 1 aliphatic rings. The number of benzene rings is 1. The number of methoxy groups -OCH3 is 1. The molecule has 21 heavy (non-hydrogen) atoms. The van der Waals surface area contributed by atoms with E-state index in [-0.39, 0.29) is 5.70 Å². The van der Waals surface area contributed by atoms with Crippen molar-refractivity contribution < 1.29 is 18.7 Å². The molecule has 0 aliphatic carbocycles. The summed E-state index contributed by atoms with van der Waals surface area (Å²) in [5.74, 6) is 1.26. The highest BCUT2D eigenvalue weighted by atomic mass is 16.6. The lowest BCUT2D eigenvalue weighted by molar-refractivity contribution is -0.130. The van der Waals surface area contributed by atoms with Crippen molar-refractivity contribution in [3.05, 3.63) is 59.7 Å². The summed E-state index contributed by atoms with van der Waals surface area (Å²) < 4.78 is 15.4. The Morgan fingerprint density at radius 1 is 1.24 bits per heavy atom. The number of furan rings is 1. The van der Waals surface area contributed by atoms with E-state index in [1.807, 2.05) is 24.3 Å². The first-order chi connectivity index (χ1) is 10.2. The molecule has 5 heteroatoms. The first-order valence-electron chi connectivity index (χ1n) is 6.42. The van der Waals surface area contributed by atoms with Crippen LogP contribution in [0.4, 0.5) is 0 Å². The van der Waals surface area contributed by atoms with E-state index in [2.05, 4.69) is 4.99 Å². The Morgan fingerprint density at radius 2 is 2.05 bits per heavy atom. The van der Waals surface area contributed by atoms with Gasteiger partial charge in [0.05, 0.1) is 13.4 Å². The number of esters is 1.